The van der Waals surface area contributed by atoms with E-state index in [1.807, 2.05) is 0 Å². The lowest BCUT2D eigenvalue weighted by Crippen LogP contribution is -2.09. The van der Waals surface area contributed by atoms with Crippen molar-refractivity contribution in [3.8, 4) is 11.1 Å². The molecular weight excluding hydrogens is 496 g/mol. The summed E-state index contributed by atoms with van der Waals surface area (Å²) in [4.78, 5) is 12.4. The Balaban J connectivity index is 1.71. The van der Waals surface area contributed by atoms with Gasteiger partial charge in [0.1, 0.15) is 24.6 Å². The van der Waals surface area contributed by atoms with Crippen molar-refractivity contribution in [3.05, 3.63) is 76.6 Å². The van der Waals surface area contributed by atoms with Gasteiger partial charge in [0.2, 0.25) is 0 Å². The van der Waals surface area contributed by atoms with Crippen molar-refractivity contribution < 1.29 is 17.7 Å². The summed E-state index contributed by atoms with van der Waals surface area (Å²) in [5, 5.41) is 3.37. The van der Waals surface area contributed by atoms with Gasteiger partial charge in [-0.15, -0.1) is 0 Å². The summed E-state index contributed by atoms with van der Waals surface area (Å²) in [6.07, 6.45) is 3.70. The number of aromatic nitrogens is 3. The van der Waals surface area contributed by atoms with E-state index in [4.69, 9.17) is 11.6 Å². The van der Waals surface area contributed by atoms with Gasteiger partial charge in [0.15, 0.2) is 0 Å². The highest BCUT2D eigenvalue weighted by molar-refractivity contribution is 7.69. The summed E-state index contributed by atoms with van der Waals surface area (Å²) in [6.45, 7) is 5.14. The van der Waals surface area contributed by atoms with E-state index in [-0.39, 0.29) is 38.6 Å². The van der Waals surface area contributed by atoms with Crippen LogP contribution < -0.4 is 10.8 Å². The van der Waals surface area contributed by atoms with Gasteiger partial charge in [-0.2, -0.15) is 0 Å². The molecule has 3 heterocycles. The smallest absolute Gasteiger partial charge is 0.145 e. The van der Waals surface area contributed by atoms with Gasteiger partial charge in [0, 0.05) is 30.6 Å². The van der Waals surface area contributed by atoms with Crippen LogP contribution in [0.3, 0.4) is 0 Å². The largest absolute Gasteiger partial charge is 0.383 e. The number of pyridine rings is 3. The Labute approximate surface area is 206 Å². The van der Waals surface area contributed by atoms with Gasteiger partial charge in [-0.1, -0.05) is 17.7 Å². The first-order valence-electron chi connectivity index (χ1n) is 10.9. The minimum absolute atomic E-state index is 0.0433. The van der Waals surface area contributed by atoms with Crippen LogP contribution >= 0.6 is 18.7 Å². The van der Waals surface area contributed by atoms with Crippen molar-refractivity contribution in [3.63, 3.8) is 0 Å². The minimum Gasteiger partial charge on any atom is -0.383 e. The van der Waals surface area contributed by atoms with Gasteiger partial charge in [0.05, 0.1) is 44.0 Å². The molecule has 0 aliphatic heterocycles. The molecule has 0 radical (unpaired) electrons. The monoisotopic (exact) mass is 518 g/mol. The van der Waals surface area contributed by atoms with Crippen molar-refractivity contribution >= 4 is 40.8 Å². The molecule has 182 valence electrons. The number of nitrogens with zero attached hydrogens (tertiary/aromatic N) is 3. The molecule has 0 aliphatic rings. The van der Waals surface area contributed by atoms with Gasteiger partial charge >= 0.3 is 0 Å². The van der Waals surface area contributed by atoms with E-state index in [9.17, 15) is 8.96 Å². The fourth-order valence-corrected chi connectivity index (χ4v) is 4.78. The molecule has 0 unspecified atom stereocenters. The van der Waals surface area contributed by atoms with Crippen LogP contribution in [0.1, 0.15) is 17.8 Å². The number of fused-ring (bicyclic) bond motifs is 1. The van der Waals surface area contributed by atoms with E-state index < -0.39 is 18.8 Å². The number of hydrogen-bond donors (Lipinski definition) is 1. The molecule has 4 rings (SSSR count). The van der Waals surface area contributed by atoms with Crippen molar-refractivity contribution in [1.29, 1.82) is 0 Å². The molecule has 5 nitrogen and oxygen atoms in total. The molecule has 0 saturated carbocycles. The van der Waals surface area contributed by atoms with Gasteiger partial charge in [-0.25, -0.2) is 13.2 Å². The van der Waals surface area contributed by atoms with E-state index in [0.717, 1.165) is 6.07 Å². The molecule has 0 fully saturated rings. The van der Waals surface area contributed by atoms with E-state index in [0.29, 0.717) is 36.2 Å². The van der Waals surface area contributed by atoms with Gasteiger partial charge in [0.25, 0.3) is 0 Å². The Morgan fingerprint density at radius 3 is 2.51 bits per heavy atom. The zero-order valence-corrected chi connectivity index (χ0v) is 21.0. The summed E-state index contributed by atoms with van der Waals surface area (Å²) in [5.74, 6) is -2.02. The first-order valence-corrected chi connectivity index (χ1v) is 13.9. The van der Waals surface area contributed by atoms with Crippen molar-refractivity contribution in [2.24, 2.45) is 0 Å². The number of anilines is 1. The molecule has 0 saturated heterocycles. The first kappa shape index (κ1) is 25.1. The van der Waals surface area contributed by atoms with Gasteiger partial charge in [-0.3, -0.25) is 15.0 Å². The maximum atomic E-state index is 15.8. The summed E-state index contributed by atoms with van der Waals surface area (Å²) in [7, 11) is -2.62. The number of benzene rings is 1. The van der Waals surface area contributed by atoms with E-state index in [2.05, 4.69) is 20.3 Å². The molecule has 35 heavy (non-hydrogen) atoms. The third-order valence-electron chi connectivity index (χ3n) is 5.59. The molecule has 4 aromatic rings. The van der Waals surface area contributed by atoms with Crippen LogP contribution in [0, 0.1) is 24.4 Å². The first-order chi connectivity index (χ1) is 16.6. The highest BCUT2D eigenvalue weighted by Gasteiger charge is 2.22. The van der Waals surface area contributed by atoms with Crippen molar-refractivity contribution in [1.82, 2.24) is 15.0 Å². The lowest BCUT2D eigenvalue weighted by Gasteiger charge is -2.16. The predicted molar refractivity (Wildman–Crippen MR) is 135 cm³/mol. The Kier molecular flexibility index (Phi) is 7.15. The van der Waals surface area contributed by atoms with Crippen LogP contribution in [-0.2, 0) is 11.0 Å². The van der Waals surface area contributed by atoms with Gasteiger partial charge < -0.3 is 9.88 Å². The molecular formula is C25H23ClF3N4OP. The fraction of sp³-hybridized carbons (Fsp3) is 0.240. The highest BCUT2D eigenvalue weighted by atomic mass is 35.5. The third-order valence-corrected chi connectivity index (χ3v) is 7.42. The maximum absolute atomic E-state index is 15.8. The van der Waals surface area contributed by atoms with Crippen molar-refractivity contribution in [2.45, 2.75) is 19.8 Å². The standard InChI is InChI=1S/C25H23ClF3N4OP/c1-14-23(26)25(31-11-5-7-18-16(27)6-4-10-30-18)22-19(33-14)12-17(28)21(24(22)29)15-8-9-20(32-13-15)35(2,3)34/h4,6,8-10,12-13H,5,7,11H2,1-3H3,(H,31,33). The quantitative estimate of drug-likeness (QED) is 0.228. The molecule has 10 heteroatoms. The van der Waals surface area contributed by atoms with Gasteiger partial charge in [-0.05, 0) is 51.3 Å². The Morgan fingerprint density at radius 1 is 1.09 bits per heavy atom. The second-order valence-corrected chi connectivity index (χ2v) is 12.1. The lowest BCUT2D eigenvalue weighted by atomic mass is 10.0. The van der Waals surface area contributed by atoms with Crippen LogP contribution in [0.15, 0.2) is 42.7 Å². The normalized spacial score (nSPS) is 11.7. The van der Waals surface area contributed by atoms with E-state index >= 15 is 8.78 Å². The summed E-state index contributed by atoms with van der Waals surface area (Å²) in [6, 6.07) is 7.03. The van der Waals surface area contributed by atoms with E-state index in [1.165, 1.54) is 36.7 Å². The summed E-state index contributed by atoms with van der Waals surface area (Å²) >= 11 is 6.47. The number of halogens is 4. The zero-order chi connectivity index (χ0) is 25.3. The number of aryl methyl sites for hydroxylation is 2. The average molecular weight is 519 g/mol. The lowest BCUT2D eigenvalue weighted by molar-refractivity contribution is 0.587. The van der Waals surface area contributed by atoms with Crippen LogP contribution in [0.4, 0.5) is 18.9 Å². The molecule has 1 aromatic carbocycles. The third kappa shape index (κ3) is 5.19. The maximum Gasteiger partial charge on any atom is 0.145 e. The number of nitrogens with one attached hydrogen (secondary N) is 1. The molecule has 0 spiro atoms. The van der Waals surface area contributed by atoms with Crippen molar-refractivity contribution in [2.75, 3.05) is 25.2 Å². The molecule has 0 aliphatic carbocycles. The molecule has 0 atom stereocenters. The highest BCUT2D eigenvalue weighted by Crippen LogP contribution is 2.39. The SMILES string of the molecule is Cc1nc2cc(F)c(-c3ccc(P(C)(C)=O)nc3)c(F)c2c(NCCCc2ncccc2F)c1Cl. The molecule has 0 amide bonds. The van der Waals surface area contributed by atoms with Crippen LogP contribution in [0.25, 0.3) is 22.0 Å². The topological polar surface area (TPSA) is 67.8 Å². The molecule has 3 aromatic heterocycles. The minimum atomic E-state index is -2.62. The van der Waals surface area contributed by atoms with Crippen LogP contribution in [0.5, 0.6) is 0 Å². The Bertz CT molecular complexity index is 1460. The second kappa shape index (κ2) is 9.96. The van der Waals surface area contributed by atoms with Crippen LogP contribution in [0.2, 0.25) is 5.02 Å². The van der Waals surface area contributed by atoms with E-state index in [1.54, 1.807) is 20.3 Å². The number of hydrogen-bond acceptors (Lipinski definition) is 5. The zero-order valence-electron chi connectivity index (χ0n) is 19.4. The second-order valence-electron chi connectivity index (χ2n) is 8.55. The molecule has 1 N–H and O–H groups in total. The molecule has 0 bridgehead atoms. The number of rotatable bonds is 7. The predicted octanol–water partition coefficient (Wildman–Crippen LogP) is 6.36. The average Bonchev–Trinajstić information content (AvgIpc) is 2.80. The fourth-order valence-electron chi connectivity index (χ4n) is 3.81. The summed E-state index contributed by atoms with van der Waals surface area (Å²) in [5.41, 5.74) is 1.44. The Hall–Kier alpha value is -2.96. The van der Waals surface area contributed by atoms with Crippen LogP contribution in [-0.4, -0.2) is 34.8 Å². The summed E-state index contributed by atoms with van der Waals surface area (Å²) < 4.78 is 57.0. The Morgan fingerprint density at radius 2 is 1.86 bits per heavy atom.